The molecular weight excluding hydrogens is 190 g/mol. The molecule has 3 N–H and O–H groups in total. The highest BCUT2D eigenvalue weighted by Gasteiger charge is 2.17. The lowest BCUT2D eigenvalue weighted by atomic mass is 10.3. The second-order valence-corrected chi connectivity index (χ2v) is 3.45. The lowest BCUT2D eigenvalue weighted by Crippen LogP contribution is -2.43. The average molecular weight is 199 g/mol. The van der Waals surface area contributed by atoms with E-state index in [1.165, 1.54) is 6.20 Å². The van der Waals surface area contributed by atoms with E-state index in [1.807, 2.05) is 0 Å². The van der Waals surface area contributed by atoms with Crippen molar-refractivity contribution < 1.29 is 4.79 Å². The van der Waals surface area contributed by atoms with Crippen LogP contribution in [0.15, 0.2) is 6.20 Å². The molecule has 0 aliphatic carbocycles. The maximum atomic E-state index is 11.4. The zero-order chi connectivity index (χ0) is 9.10. The van der Waals surface area contributed by atoms with Crippen LogP contribution in [-0.2, 0) is 0 Å². The number of nitrogens with one attached hydrogen (secondary N) is 3. The van der Waals surface area contributed by atoms with Gasteiger partial charge in [-0.05, 0) is 18.0 Å². The maximum absolute atomic E-state index is 11.4. The summed E-state index contributed by atoms with van der Waals surface area (Å²) in [5, 5.41) is 6.39. The molecule has 1 amide bonds. The van der Waals surface area contributed by atoms with Gasteiger partial charge in [0.15, 0.2) is 0 Å². The number of carbonyl (C=O) groups excluding carboxylic acids is 1. The second-order valence-electron chi connectivity index (χ2n) is 2.67. The molecule has 1 unspecified atom stereocenters. The van der Waals surface area contributed by atoms with Gasteiger partial charge in [-0.15, -0.1) is 5.10 Å². The standard InChI is InChI=1S/C6H9N5OS/c12-6(4-3-8-11-13-4)9-5-1-2-7-10-5/h3,5,7,10H,1-2H2,(H,9,12). The van der Waals surface area contributed by atoms with Crippen LogP contribution in [-0.4, -0.2) is 28.2 Å². The van der Waals surface area contributed by atoms with E-state index >= 15 is 0 Å². The minimum absolute atomic E-state index is 0.00889. The Hall–Kier alpha value is -1.05. The van der Waals surface area contributed by atoms with Crippen LogP contribution in [0, 0.1) is 0 Å². The van der Waals surface area contributed by atoms with Crippen molar-refractivity contribution >= 4 is 17.4 Å². The molecule has 0 aromatic carbocycles. The predicted molar refractivity (Wildman–Crippen MR) is 46.9 cm³/mol. The summed E-state index contributed by atoms with van der Waals surface area (Å²) >= 11 is 1.09. The maximum Gasteiger partial charge on any atom is 0.265 e. The molecule has 1 aliphatic rings. The molecule has 1 aliphatic heterocycles. The Kier molecular flexibility index (Phi) is 2.48. The van der Waals surface area contributed by atoms with Crippen LogP contribution in [0.5, 0.6) is 0 Å². The van der Waals surface area contributed by atoms with Gasteiger partial charge in [0, 0.05) is 6.54 Å². The van der Waals surface area contributed by atoms with E-state index in [1.54, 1.807) is 0 Å². The fraction of sp³-hybridized carbons (Fsp3) is 0.500. The Balaban J connectivity index is 1.91. The molecule has 1 atom stereocenters. The van der Waals surface area contributed by atoms with Gasteiger partial charge in [-0.3, -0.25) is 10.2 Å². The van der Waals surface area contributed by atoms with Crippen molar-refractivity contribution in [3.05, 3.63) is 11.1 Å². The quantitative estimate of drug-likeness (QED) is 0.575. The molecule has 2 heterocycles. The number of hydrogen-bond acceptors (Lipinski definition) is 6. The second kappa shape index (κ2) is 3.77. The van der Waals surface area contributed by atoms with E-state index in [4.69, 9.17) is 0 Å². The zero-order valence-electron chi connectivity index (χ0n) is 6.78. The van der Waals surface area contributed by atoms with Crippen LogP contribution in [0.1, 0.15) is 16.1 Å². The van der Waals surface area contributed by atoms with E-state index in [-0.39, 0.29) is 12.1 Å². The summed E-state index contributed by atoms with van der Waals surface area (Å²) in [6.45, 7) is 0.867. The largest absolute Gasteiger partial charge is 0.335 e. The van der Waals surface area contributed by atoms with Gasteiger partial charge in [0.25, 0.3) is 5.91 Å². The Bertz CT molecular complexity index is 281. The van der Waals surface area contributed by atoms with Gasteiger partial charge in [-0.25, -0.2) is 5.43 Å². The van der Waals surface area contributed by atoms with Crippen LogP contribution < -0.4 is 16.2 Å². The molecule has 0 radical (unpaired) electrons. The molecule has 0 saturated carbocycles. The van der Waals surface area contributed by atoms with E-state index < -0.39 is 0 Å². The van der Waals surface area contributed by atoms with Crippen molar-refractivity contribution in [1.29, 1.82) is 0 Å². The van der Waals surface area contributed by atoms with E-state index in [9.17, 15) is 4.79 Å². The van der Waals surface area contributed by atoms with E-state index in [0.717, 1.165) is 24.5 Å². The molecule has 1 aromatic heterocycles. The summed E-state index contributed by atoms with van der Waals surface area (Å²) < 4.78 is 3.61. The molecule has 1 aromatic rings. The highest BCUT2D eigenvalue weighted by atomic mass is 32.1. The van der Waals surface area contributed by atoms with Crippen LogP contribution in [0.2, 0.25) is 0 Å². The lowest BCUT2D eigenvalue weighted by Gasteiger charge is -2.09. The highest BCUT2D eigenvalue weighted by Crippen LogP contribution is 2.02. The molecule has 1 saturated heterocycles. The third-order valence-corrected chi connectivity index (χ3v) is 2.39. The molecule has 0 bridgehead atoms. The fourth-order valence-corrected chi connectivity index (χ4v) is 1.51. The molecular formula is C6H9N5OS. The smallest absolute Gasteiger partial charge is 0.265 e. The molecule has 1 fully saturated rings. The average Bonchev–Trinajstić information content (AvgIpc) is 2.74. The molecule has 7 heteroatoms. The highest BCUT2D eigenvalue weighted by molar-refractivity contribution is 7.07. The van der Waals surface area contributed by atoms with Gasteiger partial charge in [0.05, 0.1) is 12.4 Å². The molecule has 13 heavy (non-hydrogen) atoms. The van der Waals surface area contributed by atoms with Gasteiger partial charge in [-0.1, -0.05) is 4.49 Å². The van der Waals surface area contributed by atoms with E-state index in [2.05, 4.69) is 25.8 Å². The Morgan fingerprint density at radius 3 is 3.31 bits per heavy atom. The summed E-state index contributed by atoms with van der Waals surface area (Å²) in [7, 11) is 0. The normalized spacial score (nSPS) is 21.7. The minimum Gasteiger partial charge on any atom is -0.335 e. The van der Waals surface area contributed by atoms with Crippen molar-refractivity contribution in [2.45, 2.75) is 12.6 Å². The lowest BCUT2D eigenvalue weighted by molar-refractivity contribution is 0.0936. The van der Waals surface area contributed by atoms with Crippen molar-refractivity contribution in [2.75, 3.05) is 6.54 Å². The third kappa shape index (κ3) is 2.00. The van der Waals surface area contributed by atoms with Crippen molar-refractivity contribution in [3.63, 3.8) is 0 Å². The Morgan fingerprint density at radius 2 is 2.69 bits per heavy atom. The van der Waals surface area contributed by atoms with Crippen LogP contribution in [0.4, 0.5) is 0 Å². The Labute approximate surface area is 78.9 Å². The van der Waals surface area contributed by atoms with Crippen LogP contribution in [0.25, 0.3) is 0 Å². The number of hydrogen-bond donors (Lipinski definition) is 3. The molecule has 2 rings (SSSR count). The van der Waals surface area contributed by atoms with Gasteiger partial charge in [-0.2, -0.15) is 0 Å². The van der Waals surface area contributed by atoms with Crippen molar-refractivity contribution in [1.82, 2.24) is 25.8 Å². The molecule has 70 valence electrons. The number of aromatic nitrogens is 2. The summed E-state index contributed by atoms with van der Waals surface area (Å²) in [6.07, 6.45) is 2.36. The SMILES string of the molecule is O=C(NC1CCNN1)c1cnns1. The number of rotatable bonds is 2. The Morgan fingerprint density at radius 1 is 1.77 bits per heavy atom. The minimum atomic E-state index is -0.129. The monoisotopic (exact) mass is 199 g/mol. The number of nitrogens with zero attached hydrogens (tertiary/aromatic N) is 2. The summed E-state index contributed by atoms with van der Waals surface area (Å²) in [5.74, 6) is -0.129. The summed E-state index contributed by atoms with van der Waals surface area (Å²) in [5.41, 5.74) is 5.86. The van der Waals surface area contributed by atoms with Gasteiger partial charge in [0.1, 0.15) is 4.88 Å². The zero-order valence-corrected chi connectivity index (χ0v) is 7.60. The molecule has 0 spiro atoms. The van der Waals surface area contributed by atoms with Gasteiger partial charge >= 0.3 is 0 Å². The topological polar surface area (TPSA) is 78.9 Å². The number of amides is 1. The first-order valence-corrected chi connectivity index (χ1v) is 4.70. The fourth-order valence-electron chi connectivity index (χ4n) is 1.09. The molecule has 6 nitrogen and oxygen atoms in total. The number of carbonyl (C=O) groups is 1. The first-order valence-electron chi connectivity index (χ1n) is 3.93. The van der Waals surface area contributed by atoms with Gasteiger partial charge in [0.2, 0.25) is 0 Å². The number of hydrazine groups is 1. The summed E-state index contributed by atoms with van der Waals surface area (Å²) in [4.78, 5) is 11.9. The van der Waals surface area contributed by atoms with Crippen LogP contribution in [0.3, 0.4) is 0 Å². The van der Waals surface area contributed by atoms with Crippen LogP contribution >= 0.6 is 11.5 Å². The van der Waals surface area contributed by atoms with Crippen molar-refractivity contribution in [2.24, 2.45) is 0 Å². The first-order chi connectivity index (χ1) is 6.36. The van der Waals surface area contributed by atoms with Crippen molar-refractivity contribution in [3.8, 4) is 0 Å². The predicted octanol–water partition coefficient (Wildman–Crippen LogP) is -0.908. The van der Waals surface area contributed by atoms with Gasteiger partial charge < -0.3 is 5.32 Å². The first kappa shape index (κ1) is 8.54. The van der Waals surface area contributed by atoms with E-state index in [0.29, 0.717) is 4.88 Å². The summed E-state index contributed by atoms with van der Waals surface area (Å²) in [6, 6.07) is 0. The third-order valence-electron chi connectivity index (χ3n) is 1.72.